The molecule has 1 amide bonds. The minimum Gasteiger partial charge on any atom is -0.349 e. The monoisotopic (exact) mass is 324 g/mol. The van der Waals surface area contributed by atoms with Gasteiger partial charge in [0.15, 0.2) is 0 Å². The summed E-state index contributed by atoms with van der Waals surface area (Å²) in [4.78, 5) is 12.3. The molecule has 1 aliphatic rings. The first-order chi connectivity index (χ1) is 9.94. The van der Waals surface area contributed by atoms with Gasteiger partial charge in [-0.05, 0) is 55.2 Å². The summed E-state index contributed by atoms with van der Waals surface area (Å²) in [5.41, 5.74) is 9.49. The lowest BCUT2D eigenvalue weighted by Crippen LogP contribution is -2.55. The van der Waals surface area contributed by atoms with E-state index in [1.807, 2.05) is 6.92 Å². The number of hydrogen-bond donors (Lipinski definition) is 2. The second-order valence-corrected chi connectivity index (χ2v) is 6.81. The molecular formula is C18H29ClN2O. The number of benzene rings is 1. The number of aryl methyl sites for hydroxylation is 2. The fourth-order valence-electron chi connectivity index (χ4n) is 2.88. The van der Waals surface area contributed by atoms with E-state index in [9.17, 15) is 4.79 Å². The molecule has 4 heteroatoms. The molecule has 22 heavy (non-hydrogen) atoms. The quantitative estimate of drug-likeness (QED) is 0.874. The van der Waals surface area contributed by atoms with Crippen LogP contribution in [0.5, 0.6) is 0 Å². The zero-order valence-electron chi connectivity index (χ0n) is 13.9. The molecule has 0 heterocycles. The number of rotatable bonds is 5. The molecule has 0 aliphatic heterocycles. The summed E-state index contributed by atoms with van der Waals surface area (Å²) in [5, 5.41) is 3.11. The van der Waals surface area contributed by atoms with E-state index in [0.717, 1.165) is 12.0 Å². The molecule has 0 bridgehead atoms. The van der Waals surface area contributed by atoms with Gasteiger partial charge in [0.25, 0.3) is 0 Å². The van der Waals surface area contributed by atoms with E-state index in [-0.39, 0.29) is 23.9 Å². The molecule has 1 unspecified atom stereocenters. The standard InChI is InChI=1S/C18H28N2O.ClH/c1-13(2)18(3,12-19)20-17(21)11-14-8-9-15-6-4-5-7-16(15)10-14;/h8-10,13H,4-7,11-12,19H2,1-3H3,(H,20,21);1H. The van der Waals surface area contributed by atoms with Crippen molar-refractivity contribution in [2.45, 2.75) is 58.4 Å². The van der Waals surface area contributed by atoms with Gasteiger partial charge in [0.05, 0.1) is 12.0 Å². The summed E-state index contributed by atoms with van der Waals surface area (Å²) in [6.07, 6.45) is 5.32. The Morgan fingerprint density at radius 3 is 2.50 bits per heavy atom. The lowest BCUT2D eigenvalue weighted by atomic mass is 9.87. The normalized spacial score (nSPS) is 16.4. The third-order valence-corrected chi connectivity index (χ3v) is 4.90. The highest BCUT2D eigenvalue weighted by Crippen LogP contribution is 2.22. The predicted octanol–water partition coefficient (Wildman–Crippen LogP) is 3.02. The van der Waals surface area contributed by atoms with Crippen LogP contribution < -0.4 is 11.1 Å². The van der Waals surface area contributed by atoms with Gasteiger partial charge in [-0.25, -0.2) is 0 Å². The van der Waals surface area contributed by atoms with Crippen molar-refractivity contribution in [1.29, 1.82) is 0 Å². The Labute approximate surface area is 140 Å². The minimum atomic E-state index is -0.328. The Morgan fingerprint density at radius 2 is 1.91 bits per heavy atom. The van der Waals surface area contributed by atoms with Gasteiger partial charge in [-0.2, -0.15) is 0 Å². The number of carbonyl (C=O) groups is 1. The van der Waals surface area contributed by atoms with Crippen molar-refractivity contribution < 1.29 is 4.79 Å². The summed E-state index contributed by atoms with van der Waals surface area (Å²) >= 11 is 0. The summed E-state index contributed by atoms with van der Waals surface area (Å²) in [6.45, 7) is 6.65. The molecule has 0 fully saturated rings. The van der Waals surface area contributed by atoms with Crippen molar-refractivity contribution in [2.75, 3.05) is 6.54 Å². The van der Waals surface area contributed by atoms with E-state index < -0.39 is 0 Å². The molecule has 3 N–H and O–H groups in total. The van der Waals surface area contributed by atoms with Crippen molar-refractivity contribution in [3.8, 4) is 0 Å². The average Bonchev–Trinajstić information content (AvgIpc) is 2.46. The Morgan fingerprint density at radius 1 is 1.27 bits per heavy atom. The number of nitrogens with two attached hydrogens (primary N) is 1. The Kier molecular flexibility index (Phi) is 6.89. The van der Waals surface area contributed by atoms with Crippen LogP contribution in [0.15, 0.2) is 18.2 Å². The van der Waals surface area contributed by atoms with E-state index in [1.165, 1.54) is 30.4 Å². The van der Waals surface area contributed by atoms with Crippen molar-refractivity contribution in [3.63, 3.8) is 0 Å². The molecule has 0 saturated carbocycles. The van der Waals surface area contributed by atoms with Gasteiger partial charge >= 0.3 is 0 Å². The maximum atomic E-state index is 12.3. The van der Waals surface area contributed by atoms with Crippen LogP contribution in [0.2, 0.25) is 0 Å². The van der Waals surface area contributed by atoms with E-state index in [1.54, 1.807) is 0 Å². The van der Waals surface area contributed by atoms with Crippen molar-refractivity contribution >= 4 is 18.3 Å². The van der Waals surface area contributed by atoms with Gasteiger partial charge in [-0.1, -0.05) is 32.0 Å². The molecule has 1 aromatic rings. The Balaban J connectivity index is 0.00000242. The number of halogens is 1. The molecule has 0 spiro atoms. The van der Waals surface area contributed by atoms with Crippen molar-refractivity contribution in [3.05, 3.63) is 34.9 Å². The third-order valence-electron chi connectivity index (χ3n) is 4.90. The summed E-state index contributed by atoms with van der Waals surface area (Å²) < 4.78 is 0. The molecule has 1 aliphatic carbocycles. The molecule has 3 nitrogen and oxygen atoms in total. The van der Waals surface area contributed by atoms with Gasteiger partial charge in [-0.3, -0.25) is 4.79 Å². The van der Waals surface area contributed by atoms with Crippen molar-refractivity contribution in [2.24, 2.45) is 11.7 Å². The lowest BCUT2D eigenvalue weighted by molar-refractivity contribution is -0.122. The molecule has 1 atom stereocenters. The molecular weight excluding hydrogens is 296 g/mol. The first-order valence-electron chi connectivity index (χ1n) is 8.06. The number of carbonyl (C=O) groups excluding carboxylic acids is 1. The molecule has 124 valence electrons. The van der Waals surface area contributed by atoms with Crippen LogP contribution in [-0.4, -0.2) is 18.0 Å². The van der Waals surface area contributed by atoms with Crippen LogP contribution in [0.4, 0.5) is 0 Å². The van der Waals surface area contributed by atoms with Gasteiger partial charge < -0.3 is 11.1 Å². The topological polar surface area (TPSA) is 55.1 Å². The first-order valence-corrected chi connectivity index (χ1v) is 8.06. The molecule has 0 saturated heterocycles. The highest BCUT2D eigenvalue weighted by atomic mass is 35.5. The smallest absolute Gasteiger partial charge is 0.224 e. The molecule has 0 radical (unpaired) electrons. The number of amides is 1. The summed E-state index contributed by atoms with van der Waals surface area (Å²) in [6, 6.07) is 6.50. The van der Waals surface area contributed by atoms with Gasteiger partial charge in [0.2, 0.25) is 5.91 Å². The molecule has 2 rings (SSSR count). The highest BCUT2D eigenvalue weighted by molar-refractivity contribution is 5.85. The largest absolute Gasteiger partial charge is 0.349 e. The van der Waals surface area contributed by atoms with Crippen LogP contribution in [0.3, 0.4) is 0 Å². The van der Waals surface area contributed by atoms with Crippen molar-refractivity contribution in [1.82, 2.24) is 5.32 Å². The fourth-order valence-corrected chi connectivity index (χ4v) is 2.88. The Hall–Kier alpha value is -1.06. The highest BCUT2D eigenvalue weighted by Gasteiger charge is 2.28. The van der Waals surface area contributed by atoms with Crippen LogP contribution >= 0.6 is 12.4 Å². The summed E-state index contributed by atoms with van der Waals surface area (Å²) in [5.74, 6) is 0.377. The lowest BCUT2D eigenvalue weighted by Gasteiger charge is -2.33. The SMILES string of the molecule is CC(C)C(C)(CN)NC(=O)Cc1ccc2c(c1)CCCC2.Cl. The van der Waals surface area contributed by atoms with Gasteiger partial charge in [-0.15, -0.1) is 12.4 Å². The number of fused-ring (bicyclic) bond motifs is 1. The third kappa shape index (κ3) is 4.47. The van der Waals surface area contributed by atoms with Crippen LogP contribution in [-0.2, 0) is 24.1 Å². The van der Waals surface area contributed by atoms with Crippen LogP contribution in [0.1, 0.15) is 50.3 Å². The number of hydrogen-bond acceptors (Lipinski definition) is 2. The molecule has 1 aromatic carbocycles. The average molecular weight is 325 g/mol. The second kappa shape index (κ2) is 7.98. The molecule has 0 aromatic heterocycles. The maximum Gasteiger partial charge on any atom is 0.224 e. The maximum absolute atomic E-state index is 12.3. The zero-order chi connectivity index (χ0) is 15.5. The van der Waals surface area contributed by atoms with Crippen LogP contribution in [0.25, 0.3) is 0 Å². The van der Waals surface area contributed by atoms with E-state index in [4.69, 9.17) is 5.73 Å². The zero-order valence-corrected chi connectivity index (χ0v) is 14.8. The predicted molar refractivity (Wildman–Crippen MR) is 94.5 cm³/mol. The van der Waals surface area contributed by atoms with E-state index in [2.05, 4.69) is 37.4 Å². The van der Waals surface area contributed by atoms with Crippen LogP contribution in [0, 0.1) is 5.92 Å². The second-order valence-electron chi connectivity index (χ2n) is 6.81. The fraction of sp³-hybridized carbons (Fsp3) is 0.611. The van der Waals surface area contributed by atoms with Gasteiger partial charge in [0.1, 0.15) is 0 Å². The van der Waals surface area contributed by atoms with Gasteiger partial charge in [0, 0.05) is 6.54 Å². The Bertz CT molecular complexity index is 516. The minimum absolute atomic E-state index is 0. The van der Waals surface area contributed by atoms with E-state index in [0.29, 0.717) is 18.9 Å². The first kappa shape index (κ1) is 19.0. The summed E-state index contributed by atoms with van der Waals surface area (Å²) in [7, 11) is 0. The van der Waals surface area contributed by atoms with E-state index >= 15 is 0 Å². The number of nitrogens with one attached hydrogen (secondary N) is 1.